The predicted octanol–water partition coefficient (Wildman–Crippen LogP) is 5.54. The Morgan fingerprint density at radius 1 is 0.870 bits per heavy atom. The summed E-state index contributed by atoms with van der Waals surface area (Å²) < 4.78 is 7.18. The fraction of sp³-hybridized carbons (Fsp3) is 0.0500. The molecular weight excluding hydrogens is 302 g/mol. The molecule has 3 heteroatoms. The number of hydrogen-bond acceptors (Lipinski definition) is 3. The molecule has 0 atom stereocenters. The molecule has 0 spiro atoms. The van der Waals surface area contributed by atoms with Crippen molar-refractivity contribution in [2.24, 2.45) is 0 Å². The van der Waals surface area contributed by atoms with E-state index in [0.29, 0.717) is 6.61 Å². The van der Waals surface area contributed by atoms with Gasteiger partial charge in [-0.2, -0.15) is 0 Å². The van der Waals surface area contributed by atoms with E-state index in [9.17, 15) is 0 Å². The van der Waals surface area contributed by atoms with E-state index in [0.717, 1.165) is 11.3 Å². The molecule has 0 aliphatic heterocycles. The summed E-state index contributed by atoms with van der Waals surface area (Å²) in [5.41, 5.74) is 6.45. The van der Waals surface area contributed by atoms with E-state index in [4.69, 9.17) is 4.74 Å². The smallest absolute Gasteiger partial charge is 0.122 e. The third-order valence-electron chi connectivity index (χ3n) is 3.80. The number of rotatable bonds is 4. The zero-order valence-corrected chi connectivity index (χ0v) is 13.3. The van der Waals surface area contributed by atoms with Crippen molar-refractivity contribution in [3.8, 4) is 16.9 Å². The van der Waals surface area contributed by atoms with Gasteiger partial charge in [-0.05, 0) is 28.8 Å². The third kappa shape index (κ3) is 2.96. The Bertz CT molecular complexity index is 930. The first-order chi connectivity index (χ1) is 11.4. The van der Waals surface area contributed by atoms with Gasteiger partial charge in [0, 0.05) is 6.07 Å². The van der Waals surface area contributed by atoms with Gasteiger partial charge in [-0.25, -0.2) is 4.98 Å². The van der Waals surface area contributed by atoms with Gasteiger partial charge in [0.05, 0.1) is 15.7 Å². The second-order valence-corrected chi connectivity index (χ2v) is 6.18. The second kappa shape index (κ2) is 6.23. The fourth-order valence-corrected chi connectivity index (χ4v) is 3.29. The van der Waals surface area contributed by atoms with Crippen LogP contribution in [-0.2, 0) is 6.61 Å². The number of benzene rings is 3. The van der Waals surface area contributed by atoms with Crippen LogP contribution in [0.4, 0.5) is 0 Å². The number of thiazole rings is 1. The summed E-state index contributed by atoms with van der Waals surface area (Å²) in [5, 5.41) is 0. The average Bonchev–Trinajstić information content (AvgIpc) is 3.09. The lowest BCUT2D eigenvalue weighted by Gasteiger charge is -2.11. The first-order valence-electron chi connectivity index (χ1n) is 7.49. The van der Waals surface area contributed by atoms with Crippen molar-refractivity contribution in [1.29, 1.82) is 0 Å². The van der Waals surface area contributed by atoms with Gasteiger partial charge in [0.2, 0.25) is 0 Å². The zero-order valence-electron chi connectivity index (χ0n) is 12.5. The van der Waals surface area contributed by atoms with Crippen LogP contribution in [0.25, 0.3) is 21.3 Å². The van der Waals surface area contributed by atoms with Crippen LogP contribution in [-0.4, -0.2) is 4.98 Å². The largest absolute Gasteiger partial charge is 0.489 e. The van der Waals surface area contributed by atoms with Crippen LogP contribution in [0.1, 0.15) is 5.56 Å². The van der Waals surface area contributed by atoms with E-state index in [1.54, 1.807) is 11.3 Å². The van der Waals surface area contributed by atoms with Gasteiger partial charge in [-0.15, -0.1) is 11.3 Å². The Labute approximate surface area is 139 Å². The van der Waals surface area contributed by atoms with Crippen molar-refractivity contribution in [2.45, 2.75) is 6.61 Å². The first-order valence-corrected chi connectivity index (χ1v) is 8.37. The van der Waals surface area contributed by atoms with Crippen LogP contribution in [0.5, 0.6) is 5.75 Å². The highest BCUT2D eigenvalue weighted by atomic mass is 32.1. The normalized spacial score (nSPS) is 10.8. The van der Waals surface area contributed by atoms with Gasteiger partial charge in [-0.3, -0.25) is 0 Å². The van der Waals surface area contributed by atoms with Crippen LogP contribution < -0.4 is 4.74 Å². The third-order valence-corrected chi connectivity index (χ3v) is 4.61. The van der Waals surface area contributed by atoms with E-state index < -0.39 is 0 Å². The fourth-order valence-electron chi connectivity index (χ4n) is 2.63. The maximum atomic E-state index is 6.00. The van der Waals surface area contributed by atoms with Gasteiger partial charge in [0.25, 0.3) is 0 Å². The Kier molecular flexibility index (Phi) is 3.78. The minimum atomic E-state index is 0.542. The standard InChI is InChI=1S/C20H15NOS/c1-2-6-15(7-3-1)18-9-5-4-8-16(18)13-22-17-10-11-20-19(12-17)21-14-23-20/h1-12,14H,13H2. The maximum Gasteiger partial charge on any atom is 0.122 e. The molecular formula is C20H15NOS. The lowest BCUT2D eigenvalue weighted by Crippen LogP contribution is -1.97. The van der Waals surface area contributed by atoms with E-state index in [1.807, 2.05) is 23.7 Å². The summed E-state index contributed by atoms with van der Waals surface area (Å²) in [5.74, 6) is 0.853. The van der Waals surface area contributed by atoms with Crippen molar-refractivity contribution in [2.75, 3.05) is 0 Å². The van der Waals surface area contributed by atoms with Gasteiger partial charge in [0.15, 0.2) is 0 Å². The van der Waals surface area contributed by atoms with Crippen molar-refractivity contribution in [1.82, 2.24) is 4.98 Å². The summed E-state index contributed by atoms with van der Waals surface area (Å²) in [6.45, 7) is 0.542. The van der Waals surface area contributed by atoms with Crippen molar-refractivity contribution < 1.29 is 4.74 Å². The first kappa shape index (κ1) is 14.0. The van der Waals surface area contributed by atoms with Crippen molar-refractivity contribution >= 4 is 21.6 Å². The molecule has 4 rings (SSSR count). The lowest BCUT2D eigenvalue weighted by molar-refractivity contribution is 0.307. The monoisotopic (exact) mass is 317 g/mol. The molecule has 1 heterocycles. The average molecular weight is 317 g/mol. The summed E-state index contributed by atoms with van der Waals surface area (Å²) in [4.78, 5) is 4.34. The number of fused-ring (bicyclic) bond motifs is 1. The summed E-state index contributed by atoms with van der Waals surface area (Å²) in [7, 11) is 0. The molecule has 4 aromatic rings. The van der Waals surface area contributed by atoms with Crippen LogP contribution in [0.3, 0.4) is 0 Å². The van der Waals surface area contributed by atoms with Gasteiger partial charge in [0.1, 0.15) is 12.4 Å². The number of ether oxygens (including phenoxy) is 1. The predicted molar refractivity (Wildman–Crippen MR) is 95.8 cm³/mol. The molecule has 112 valence electrons. The van der Waals surface area contributed by atoms with E-state index in [1.165, 1.54) is 21.4 Å². The molecule has 0 N–H and O–H groups in total. The summed E-state index contributed by atoms with van der Waals surface area (Å²) >= 11 is 1.64. The minimum absolute atomic E-state index is 0.542. The second-order valence-electron chi connectivity index (χ2n) is 5.29. The number of aromatic nitrogens is 1. The van der Waals surface area contributed by atoms with Crippen LogP contribution in [0.15, 0.2) is 78.3 Å². The zero-order chi connectivity index (χ0) is 15.5. The highest BCUT2D eigenvalue weighted by molar-refractivity contribution is 7.16. The van der Waals surface area contributed by atoms with Gasteiger partial charge >= 0.3 is 0 Å². The molecule has 0 radical (unpaired) electrons. The summed E-state index contributed by atoms with van der Waals surface area (Å²) in [6, 6.07) is 24.8. The molecule has 0 saturated carbocycles. The quantitative estimate of drug-likeness (QED) is 0.493. The van der Waals surface area contributed by atoms with E-state index in [-0.39, 0.29) is 0 Å². The SMILES string of the molecule is c1ccc(-c2ccccc2COc2ccc3scnc3c2)cc1. The molecule has 0 aliphatic carbocycles. The maximum absolute atomic E-state index is 6.00. The number of hydrogen-bond donors (Lipinski definition) is 0. The minimum Gasteiger partial charge on any atom is -0.489 e. The molecule has 23 heavy (non-hydrogen) atoms. The molecule has 0 aliphatic rings. The van der Waals surface area contributed by atoms with Gasteiger partial charge < -0.3 is 4.74 Å². The number of nitrogens with zero attached hydrogens (tertiary/aromatic N) is 1. The van der Waals surface area contributed by atoms with E-state index >= 15 is 0 Å². The Morgan fingerprint density at radius 3 is 2.61 bits per heavy atom. The topological polar surface area (TPSA) is 22.1 Å². The van der Waals surface area contributed by atoms with Crippen molar-refractivity contribution in [3.05, 3.63) is 83.9 Å². The highest BCUT2D eigenvalue weighted by Crippen LogP contribution is 2.26. The van der Waals surface area contributed by atoms with Crippen LogP contribution >= 0.6 is 11.3 Å². The Hall–Kier alpha value is -2.65. The molecule has 1 aromatic heterocycles. The molecule has 3 aromatic carbocycles. The van der Waals surface area contributed by atoms with Crippen molar-refractivity contribution in [3.63, 3.8) is 0 Å². The molecule has 0 saturated heterocycles. The molecule has 0 bridgehead atoms. The highest BCUT2D eigenvalue weighted by Gasteiger charge is 2.06. The van der Waals surface area contributed by atoms with E-state index in [2.05, 4.69) is 59.6 Å². The molecule has 0 amide bonds. The lowest BCUT2D eigenvalue weighted by atomic mass is 10.0. The van der Waals surface area contributed by atoms with Crippen LogP contribution in [0.2, 0.25) is 0 Å². The molecule has 0 unspecified atom stereocenters. The molecule has 2 nitrogen and oxygen atoms in total. The molecule has 0 fully saturated rings. The Morgan fingerprint density at radius 2 is 1.70 bits per heavy atom. The van der Waals surface area contributed by atoms with Crippen LogP contribution in [0, 0.1) is 0 Å². The summed E-state index contributed by atoms with van der Waals surface area (Å²) in [6.07, 6.45) is 0. The Balaban J connectivity index is 1.59. The van der Waals surface area contributed by atoms with Gasteiger partial charge in [-0.1, -0.05) is 54.6 Å².